The van der Waals surface area contributed by atoms with Crippen LogP contribution in [0, 0.1) is 17.8 Å². The van der Waals surface area contributed by atoms with Crippen molar-refractivity contribution < 1.29 is 9.90 Å². The summed E-state index contributed by atoms with van der Waals surface area (Å²) in [4.78, 5) is 13.2. The Morgan fingerprint density at radius 1 is 1.40 bits per heavy atom. The van der Waals surface area contributed by atoms with Gasteiger partial charge in [-0.3, -0.25) is 4.79 Å². The largest absolute Gasteiger partial charge is 0.396 e. The maximum Gasteiger partial charge on any atom is 0.219 e. The first-order chi connectivity index (χ1) is 7.22. The molecular formula is C12H21NO2. The normalized spacial score (nSPS) is 28.1. The molecule has 1 saturated carbocycles. The van der Waals surface area contributed by atoms with Crippen LogP contribution in [0.15, 0.2) is 0 Å². The van der Waals surface area contributed by atoms with Crippen LogP contribution >= 0.6 is 0 Å². The Morgan fingerprint density at radius 3 is 2.60 bits per heavy atom. The van der Waals surface area contributed by atoms with Crippen molar-refractivity contribution in [3.05, 3.63) is 0 Å². The van der Waals surface area contributed by atoms with Gasteiger partial charge in [-0.05, 0) is 43.4 Å². The zero-order valence-electron chi connectivity index (χ0n) is 9.48. The van der Waals surface area contributed by atoms with Crippen LogP contribution < -0.4 is 0 Å². The number of carbonyl (C=O) groups excluding carboxylic acids is 1. The standard InChI is InChI=1S/C12H21NO2/c1-9(15)13-6-4-11(8-13)12(5-7-14)10-2-3-10/h10-12,14H,2-8H2,1H3. The molecule has 2 rings (SSSR count). The molecule has 1 N–H and O–H groups in total. The highest BCUT2D eigenvalue weighted by Gasteiger charge is 2.39. The molecule has 1 heterocycles. The van der Waals surface area contributed by atoms with Gasteiger partial charge in [0.2, 0.25) is 5.91 Å². The number of carbonyl (C=O) groups is 1. The smallest absolute Gasteiger partial charge is 0.219 e. The number of aliphatic hydroxyl groups is 1. The molecule has 1 aliphatic heterocycles. The van der Waals surface area contributed by atoms with E-state index < -0.39 is 0 Å². The fourth-order valence-corrected chi connectivity index (χ4v) is 2.95. The number of rotatable bonds is 4. The SMILES string of the molecule is CC(=O)N1CCC(C(CCO)C2CC2)C1. The Labute approximate surface area is 91.5 Å². The lowest BCUT2D eigenvalue weighted by atomic mass is 9.85. The van der Waals surface area contributed by atoms with Crippen LogP contribution in [0.2, 0.25) is 0 Å². The summed E-state index contributed by atoms with van der Waals surface area (Å²) in [7, 11) is 0. The van der Waals surface area contributed by atoms with Gasteiger partial charge < -0.3 is 10.0 Å². The molecule has 0 radical (unpaired) electrons. The van der Waals surface area contributed by atoms with Crippen LogP contribution in [0.1, 0.15) is 32.6 Å². The zero-order chi connectivity index (χ0) is 10.8. The van der Waals surface area contributed by atoms with E-state index in [9.17, 15) is 4.79 Å². The number of amides is 1. The van der Waals surface area contributed by atoms with Crippen molar-refractivity contribution >= 4 is 5.91 Å². The first-order valence-electron chi connectivity index (χ1n) is 6.08. The predicted octanol–water partition coefficient (Wildman–Crippen LogP) is 1.26. The van der Waals surface area contributed by atoms with Crippen LogP contribution in [0.25, 0.3) is 0 Å². The van der Waals surface area contributed by atoms with E-state index in [2.05, 4.69) is 0 Å². The highest BCUT2D eigenvalue weighted by atomic mass is 16.3. The molecule has 3 nitrogen and oxygen atoms in total. The van der Waals surface area contributed by atoms with E-state index in [1.165, 1.54) is 12.8 Å². The summed E-state index contributed by atoms with van der Waals surface area (Å²) in [6.07, 6.45) is 4.74. The van der Waals surface area contributed by atoms with Gasteiger partial charge in [-0.2, -0.15) is 0 Å². The van der Waals surface area contributed by atoms with Gasteiger partial charge >= 0.3 is 0 Å². The van der Waals surface area contributed by atoms with E-state index in [0.717, 1.165) is 31.8 Å². The second-order valence-electron chi connectivity index (χ2n) is 5.03. The van der Waals surface area contributed by atoms with E-state index >= 15 is 0 Å². The molecule has 1 amide bonds. The van der Waals surface area contributed by atoms with Gasteiger partial charge in [0, 0.05) is 26.6 Å². The van der Waals surface area contributed by atoms with Gasteiger partial charge in [0.25, 0.3) is 0 Å². The van der Waals surface area contributed by atoms with Gasteiger partial charge in [-0.1, -0.05) is 0 Å². The van der Waals surface area contributed by atoms with Crippen molar-refractivity contribution in [1.82, 2.24) is 4.90 Å². The third kappa shape index (κ3) is 2.51. The Morgan fingerprint density at radius 2 is 2.13 bits per heavy atom. The lowest BCUT2D eigenvalue weighted by Gasteiger charge is -2.22. The van der Waals surface area contributed by atoms with Gasteiger partial charge in [0.1, 0.15) is 0 Å². The topological polar surface area (TPSA) is 40.5 Å². The Kier molecular flexibility index (Phi) is 3.29. The van der Waals surface area contributed by atoms with Crippen molar-refractivity contribution in [1.29, 1.82) is 0 Å². The van der Waals surface area contributed by atoms with Crippen molar-refractivity contribution in [2.24, 2.45) is 17.8 Å². The molecular weight excluding hydrogens is 190 g/mol. The van der Waals surface area contributed by atoms with E-state index in [1.807, 2.05) is 4.90 Å². The first-order valence-corrected chi connectivity index (χ1v) is 6.08. The fraction of sp³-hybridized carbons (Fsp3) is 0.917. The summed E-state index contributed by atoms with van der Waals surface area (Å²) in [6.45, 7) is 3.81. The second kappa shape index (κ2) is 4.52. The molecule has 0 spiro atoms. The summed E-state index contributed by atoms with van der Waals surface area (Å²) in [5, 5.41) is 9.07. The maximum atomic E-state index is 11.2. The summed E-state index contributed by atoms with van der Waals surface area (Å²) in [5.74, 6) is 2.36. The maximum absolute atomic E-state index is 11.2. The average Bonchev–Trinajstić information content (AvgIpc) is 2.91. The van der Waals surface area contributed by atoms with Crippen molar-refractivity contribution in [2.75, 3.05) is 19.7 Å². The minimum atomic E-state index is 0.205. The number of hydrogen-bond donors (Lipinski definition) is 1. The Bertz CT molecular complexity index is 238. The number of nitrogens with zero attached hydrogens (tertiary/aromatic N) is 1. The number of aliphatic hydroxyl groups excluding tert-OH is 1. The molecule has 2 fully saturated rings. The summed E-state index contributed by atoms with van der Waals surface area (Å²) >= 11 is 0. The first kappa shape index (κ1) is 10.9. The zero-order valence-corrected chi connectivity index (χ0v) is 9.48. The summed E-state index contributed by atoms with van der Waals surface area (Å²) in [6, 6.07) is 0. The lowest BCUT2D eigenvalue weighted by molar-refractivity contribution is -0.128. The molecule has 0 bridgehead atoms. The summed E-state index contributed by atoms with van der Waals surface area (Å²) in [5.41, 5.74) is 0. The van der Waals surface area contributed by atoms with Crippen molar-refractivity contribution in [2.45, 2.75) is 32.6 Å². The molecule has 86 valence electrons. The Hall–Kier alpha value is -0.570. The number of likely N-dealkylation sites (tertiary alicyclic amines) is 1. The van der Waals surface area contributed by atoms with Crippen LogP contribution in [-0.4, -0.2) is 35.6 Å². The molecule has 1 aliphatic carbocycles. The minimum absolute atomic E-state index is 0.205. The van der Waals surface area contributed by atoms with Crippen LogP contribution in [0.4, 0.5) is 0 Å². The third-order valence-electron chi connectivity index (χ3n) is 3.97. The van der Waals surface area contributed by atoms with Gasteiger partial charge in [0.15, 0.2) is 0 Å². The van der Waals surface area contributed by atoms with E-state index in [1.54, 1.807) is 6.92 Å². The van der Waals surface area contributed by atoms with Crippen molar-refractivity contribution in [3.8, 4) is 0 Å². The molecule has 0 aromatic carbocycles. The molecule has 2 unspecified atom stereocenters. The van der Waals surface area contributed by atoms with Crippen molar-refractivity contribution in [3.63, 3.8) is 0 Å². The quantitative estimate of drug-likeness (QED) is 0.760. The minimum Gasteiger partial charge on any atom is -0.396 e. The van der Waals surface area contributed by atoms with E-state index in [-0.39, 0.29) is 5.91 Å². The highest BCUT2D eigenvalue weighted by Crippen LogP contribution is 2.44. The molecule has 0 aromatic rings. The molecule has 0 aromatic heterocycles. The molecule has 2 aliphatic rings. The number of hydrogen-bond acceptors (Lipinski definition) is 2. The van der Waals surface area contributed by atoms with Gasteiger partial charge in [0.05, 0.1) is 0 Å². The van der Waals surface area contributed by atoms with Crippen LogP contribution in [-0.2, 0) is 4.79 Å². The third-order valence-corrected chi connectivity index (χ3v) is 3.97. The Balaban J connectivity index is 1.89. The lowest BCUT2D eigenvalue weighted by Crippen LogP contribution is -2.28. The molecule has 15 heavy (non-hydrogen) atoms. The molecule has 3 heteroatoms. The highest BCUT2D eigenvalue weighted by molar-refractivity contribution is 5.73. The fourth-order valence-electron chi connectivity index (χ4n) is 2.95. The van der Waals surface area contributed by atoms with E-state index in [4.69, 9.17) is 5.11 Å². The van der Waals surface area contributed by atoms with Crippen LogP contribution in [0.5, 0.6) is 0 Å². The van der Waals surface area contributed by atoms with Gasteiger partial charge in [-0.15, -0.1) is 0 Å². The summed E-state index contributed by atoms with van der Waals surface area (Å²) < 4.78 is 0. The molecule has 2 atom stereocenters. The average molecular weight is 211 g/mol. The van der Waals surface area contributed by atoms with Crippen LogP contribution in [0.3, 0.4) is 0 Å². The second-order valence-corrected chi connectivity index (χ2v) is 5.03. The van der Waals surface area contributed by atoms with Gasteiger partial charge in [-0.25, -0.2) is 0 Å². The monoisotopic (exact) mass is 211 g/mol. The molecule has 1 saturated heterocycles. The van der Waals surface area contributed by atoms with E-state index in [0.29, 0.717) is 18.4 Å². The predicted molar refractivity (Wildman–Crippen MR) is 58.3 cm³/mol.